The van der Waals surface area contributed by atoms with Crippen LogP contribution in [0.2, 0.25) is 0 Å². The number of ketones is 1. The summed E-state index contributed by atoms with van der Waals surface area (Å²) in [5, 5.41) is 21.2. The number of hydrogen-bond acceptors (Lipinski definition) is 7. The van der Waals surface area contributed by atoms with Gasteiger partial charge in [0.25, 0.3) is 0 Å². The molecule has 3 rings (SSSR count). The van der Waals surface area contributed by atoms with Crippen molar-refractivity contribution in [3.05, 3.63) is 52.1 Å². The smallest absolute Gasteiger partial charge is 0.302 e. The van der Waals surface area contributed by atoms with Gasteiger partial charge in [-0.1, -0.05) is 25.1 Å². The Morgan fingerprint density at radius 2 is 1.70 bits per heavy atom. The Hall–Kier alpha value is -2.93. The number of aliphatic hydroxyl groups is 1. The predicted octanol–water partition coefficient (Wildman–Crippen LogP) is 3.57. The molecular weight excluding hydrogens is 424 g/mol. The first kappa shape index (κ1) is 24.7. The van der Waals surface area contributed by atoms with Gasteiger partial charge in [-0.2, -0.15) is 0 Å². The van der Waals surface area contributed by atoms with Crippen molar-refractivity contribution < 1.29 is 34.1 Å². The maximum absolute atomic E-state index is 12.2. The van der Waals surface area contributed by atoms with Gasteiger partial charge in [-0.05, 0) is 48.1 Å². The first-order valence-corrected chi connectivity index (χ1v) is 11.3. The van der Waals surface area contributed by atoms with E-state index in [1.807, 2.05) is 31.2 Å². The molecule has 0 aliphatic heterocycles. The van der Waals surface area contributed by atoms with E-state index in [0.717, 1.165) is 11.1 Å². The Labute approximate surface area is 194 Å². The average molecular weight is 457 g/mol. The summed E-state index contributed by atoms with van der Waals surface area (Å²) in [7, 11) is 0. The molecule has 0 radical (unpaired) electrons. The van der Waals surface area contributed by atoms with E-state index in [-0.39, 0.29) is 30.7 Å². The van der Waals surface area contributed by atoms with Crippen molar-refractivity contribution in [3.8, 4) is 5.75 Å². The van der Waals surface area contributed by atoms with E-state index >= 15 is 0 Å². The molecule has 0 heterocycles. The van der Waals surface area contributed by atoms with Crippen LogP contribution in [0.4, 0.5) is 0 Å². The minimum Gasteiger partial charge on any atom is -0.507 e. The number of hydrogen-bond donors (Lipinski definition) is 2. The normalized spacial score (nSPS) is 22.3. The first-order valence-electron chi connectivity index (χ1n) is 11.3. The Morgan fingerprint density at radius 3 is 2.30 bits per heavy atom. The fourth-order valence-corrected chi connectivity index (χ4v) is 4.77. The van der Waals surface area contributed by atoms with Crippen LogP contribution in [0.25, 0.3) is 0 Å². The number of carbonyl (C=O) groups excluding carboxylic acids is 3. The van der Waals surface area contributed by atoms with Gasteiger partial charge in [-0.15, -0.1) is 0 Å². The monoisotopic (exact) mass is 456 g/mol. The van der Waals surface area contributed by atoms with E-state index in [4.69, 9.17) is 9.47 Å². The van der Waals surface area contributed by atoms with E-state index in [2.05, 4.69) is 0 Å². The van der Waals surface area contributed by atoms with Crippen molar-refractivity contribution in [1.29, 1.82) is 0 Å². The summed E-state index contributed by atoms with van der Waals surface area (Å²) in [6.45, 7) is 6.29. The molecule has 2 atom stereocenters. The van der Waals surface area contributed by atoms with Crippen LogP contribution < -0.4 is 0 Å². The Morgan fingerprint density at radius 1 is 1.09 bits per heavy atom. The topological polar surface area (TPSA) is 110 Å². The van der Waals surface area contributed by atoms with E-state index in [9.17, 15) is 24.6 Å². The lowest BCUT2D eigenvalue weighted by molar-refractivity contribution is -0.142. The maximum atomic E-state index is 12.2. The lowest BCUT2D eigenvalue weighted by Crippen LogP contribution is -2.37. The molecule has 2 aliphatic rings. The first-order chi connectivity index (χ1) is 15.5. The molecule has 2 unspecified atom stereocenters. The fourth-order valence-electron chi connectivity index (χ4n) is 4.77. The second-order valence-corrected chi connectivity index (χ2v) is 9.13. The number of aromatic hydroxyl groups is 1. The number of Topliss-reactive ketones (excluding diaryl/α,β-unsaturated/α-hetero) is 1. The number of allylic oxidation sites excluding steroid dienone is 2. The van der Waals surface area contributed by atoms with Gasteiger partial charge >= 0.3 is 11.9 Å². The molecule has 2 N–H and O–H groups in total. The molecule has 0 spiro atoms. The van der Waals surface area contributed by atoms with Crippen LogP contribution >= 0.6 is 0 Å². The van der Waals surface area contributed by atoms with Crippen molar-refractivity contribution in [1.82, 2.24) is 0 Å². The van der Waals surface area contributed by atoms with Gasteiger partial charge in [0.1, 0.15) is 24.7 Å². The highest BCUT2D eigenvalue weighted by molar-refractivity contribution is 5.80. The maximum Gasteiger partial charge on any atom is 0.302 e. The Balaban J connectivity index is 2.11. The third-order valence-corrected chi connectivity index (χ3v) is 6.68. The van der Waals surface area contributed by atoms with Gasteiger partial charge in [0, 0.05) is 43.6 Å². The molecule has 1 aromatic carbocycles. The van der Waals surface area contributed by atoms with Crippen LogP contribution in [0, 0.1) is 12.8 Å². The van der Waals surface area contributed by atoms with Gasteiger partial charge in [-0.3, -0.25) is 14.4 Å². The van der Waals surface area contributed by atoms with Crippen LogP contribution in [-0.4, -0.2) is 40.6 Å². The highest BCUT2D eigenvalue weighted by atomic mass is 16.5. The van der Waals surface area contributed by atoms with Crippen LogP contribution in [0.5, 0.6) is 5.75 Å². The van der Waals surface area contributed by atoms with Crippen LogP contribution in [0.15, 0.2) is 35.4 Å². The zero-order valence-corrected chi connectivity index (χ0v) is 19.6. The van der Waals surface area contributed by atoms with Crippen molar-refractivity contribution in [2.45, 2.75) is 71.5 Å². The van der Waals surface area contributed by atoms with Gasteiger partial charge in [-0.25, -0.2) is 0 Å². The summed E-state index contributed by atoms with van der Waals surface area (Å²) in [4.78, 5) is 34.9. The minimum absolute atomic E-state index is 0.000498. The van der Waals surface area contributed by atoms with E-state index in [1.165, 1.54) is 13.8 Å². The largest absolute Gasteiger partial charge is 0.507 e. The average Bonchev–Trinajstić information content (AvgIpc) is 2.76. The lowest BCUT2D eigenvalue weighted by atomic mass is 9.62. The molecule has 0 bridgehead atoms. The molecule has 0 saturated heterocycles. The predicted molar refractivity (Wildman–Crippen MR) is 121 cm³/mol. The van der Waals surface area contributed by atoms with Gasteiger partial charge in [0.05, 0.1) is 6.10 Å². The quantitative estimate of drug-likeness (QED) is 0.630. The zero-order chi connectivity index (χ0) is 24.3. The fraction of sp³-hybridized carbons (Fsp3) is 0.500. The number of aryl methyl sites for hydroxylation is 1. The molecular formula is C26H32O7. The third kappa shape index (κ3) is 5.36. The summed E-state index contributed by atoms with van der Waals surface area (Å²) in [6, 6.07) is 3.76. The number of carbonyl (C=O) groups is 3. The van der Waals surface area contributed by atoms with Gasteiger partial charge in [0.15, 0.2) is 0 Å². The number of ether oxygens (including phenoxy) is 2. The summed E-state index contributed by atoms with van der Waals surface area (Å²) >= 11 is 0. The third-order valence-electron chi connectivity index (χ3n) is 6.68. The van der Waals surface area contributed by atoms with E-state index in [0.29, 0.717) is 42.4 Å². The van der Waals surface area contributed by atoms with E-state index < -0.39 is 23.5 Å². The van der Waals surface area contributed by atoms with Gasteiger partial charge in [0.2, 0.25) is 0 Å². The lowest BCUT2D eigenvalue weighted by Gasteiger charge is -2.42. The molecule has 0 amide bonds. The molecule has 33 heavy (non-hydrogen) atoms. The van der Waals surface area contributed by atoms with Crippen molar-refractivity contribution in [2.24, 2.45) is 5.92 Å². The second kappa shape index (κ2) is 9.91. The number of benzene rings is 1. The van der Waals surface area contributed by atoms with Crippen LogP contribution in [0.3, 0.4) is 0 Å². The number of phenolic OH excluding ortho intramolecular Hbond substituents is 1. The standard InChI is InChI=1S/C26H32O7/c1-15-9-21(11-19(24(15)30)13-32-17(3)27)26(7-5-23(29)6-8-26)22-10-16(2)25(31)20(12-22)14-33-18(4)28/h9-12,15,24,30-31H,5-8,13-14H2,1-4H3. The summed E-state index contributed by atoms with van der Waals surface area (Å²) < 4.78 is 10.3. The molecule has 1 fully saturated rings. The number of phenols is 1. The summed E-state index contributed by atoms with van der Waals surface area (Å²) in [5.74, 6) is -0.784. The minimum atomic E-state index is -0.767. The summed E-state index contributed by atoms with van der Waals surface area (Å²) in [5.41, 5.74) is 3.13. The Bertz CT molecular complexity index is 1010. The molecule has 1 aromatic rings. The van der Waals surface area contributed by atoms with E-state index in [1.54, 1.807) is 6.92 Å². The van der Waals surface area contributed by atoms with Crippen molar-refractivity contribution in [2.75, 3.05) is 6.61 Å². The molecule has 7 nitrogen and oxygen atoms in total. The Kier molecular flexibility index (Phi) is 7.42. The number of aliphatic hydroxyl groups excluding tert-OH is 1. The second-order valence-electron chi connectivity index (χ2n) is 9.13. The number of rotatable bonds is 6. The van der Waals surface area contributed by atoms with Crippen molar-refractivity contribution in [3.63, 3.8) is 0 Å². The SMILES string of the molecule is CC(=O)OCC1=CC(C2(c3cc(C)c(O)c(COC(C)=O)c3)CCC(=O)CC2)=CC(C)C1O. The summed E-state index contributed by atoms with van der Waals surface area (Å²) in [6.07, 6.45) is 5.13. The molecule has 178 valence electrons. The molecule has 1 saturated carbocycles. The molecule has 2 aliphatic carbocycles. The highest BCUT2D eigenvalue weighted by Gasteiger charge is 2.41. The molecule has 7 heteroatoms. The van der Waals surface area contributed by atoms with Crippen LogP contribution in [-0.2, 0) is 35.9 Å². The highest BCUT2D eigenvalue weighted by Crippen LogP contribution is 2.48. The number of esters is 2. The zero-order valence-electron chi connectivity index (χ0n) is 19.6. The van der Waals surface area contributed by atoms with Crippen molar-refractivity contribution >= 4 is 17.7 Å². The molecule has 0 aromatic heterocycles. The van der Waals surface area contributed by atoms with Gasteiger partial charge < -0.3 is 19.7 Å². The van der Waals surface area contributed by atoms with Crippen LogP contribution in [0.1, 0.15) is 63.1 Å².